The Kier molecular flexibility index (Phi) is 14.4. The third kappa shape index (κ3) is 12.0. The molecule has 0 amide bonds. The van der Waals surface area contributed by atoms with Crippen LogP contribution in [-0.2, 0) is 42.7 Å². The van der Waals surface area contributed by atoms with E-state index >= 15 is 0 Å². The minimum absolute atomic E-state index is 0.0624. The molecular formula is C33H34Cl3NO12. The van der Waals surface area contributed by atoms with Crippen LogP contribution in [0.2, 0.25) is 0 Å². The highest BCUT2D eigenvalue weighted by Gasteiger charge is 2.55. The first-order valence-electron chi connectivity index (χ1n) is 14.7. The van der Waals surface area contributed by atoms with E-state index in [0.29, 0.717) is 0 Å². The zero-order chi connectivity index (χ0) is 36.3. The first-order valence-corrected chi connectivity index (χ1v) is 15.8. The lowest BCUT2D eigenvalue weighted by Crippen LogP contribution is -2.63. The highest BCUT2D eigenvalue weighted by atomic mass is 35.6. The maximum Gasteiger partial charge on any atom is 0.509 e. The van der Waals surface area contributed by atoms with Crippen molar-refractivity contribution in [3.8, 4) is 0 Å². The molecule has 1 heterocycles. The number of esters is 3. The number of hydrogen-bond donors (Lipinski definition) is 1. The zero-order valence-corrected chi connectivity index (χ0v) is 28.9. The highest BCUT2D eigenvalue weighted by molar-refractivity contribution is 6.76. The van der Waals surface area contributed by atoms with Crippen molar-refractivity contribution in [3.63, 3.8) is 0 Å². The maximum absolute atomic E-state index is 13.5. The molecule has 0 bridgehead atoms. The number of nitrogens with one attached hydrogen (secondary N) is 1. The van der Waals surface area contributed by atoms with E-state index in [0.717, 1.165) is 11.1 Å². The number of rotatable bonds is 13. The summed E-state index contributed by atoms with van der Waals surface area (Å²) in [6.45, 7) is 7.42. The third-order valence-corrected chi connectivity index (χ3v) is 7.30. The van der Waals surface area contributed by atoms with Gasteiger partial charge in [-0.1, -0.05) is 82.9 Å². The third-order valence-electron chi connectivity index (χ3n) is 6.78. The number of ether oxygens (including phenoxy) is 7. The minimum Gasteiger partial charge on any atom is -0.463 e. The Morgan fingerprint density at radius 3 is 1.82 bits per heavy atom. The topological polar surface area (TPSA) is 174 Å². The fourth-order valence-corrected chi connectivity index (χ4v) is 4.39. The summed E-state index contributed by atoms with van der Waals surface area (Å²) in [6.07, 6.45) is -9.11. The van der Waals surface area contributed by atoms with Crippen molar-refractivity contribution < 1.29 is 57.1 Å². The van der Waals surface area contributed by atoms with Crippen molar-refractivity contribution in [3.05, 3.63) is 83.4 Å². The van der Waals surface area contributed by atoms with Gasteiger partial charge in [0.2, 0.25) is 18.3 Å². The normalized spacial score (nSPS) is 20.2. The van der Waals surface area contributed by atoms with E-state index in [9.17, 15) is 24.0 Å². The van der Waals surface area contributed by atoms with E-state index in [1.165, 1.54) is 37.3 Å². The van der Waals surface area contributed by atoms with Gasteiger partial charge in [0.1, 0.15) is 25.1 Å². The molecule has 16 heteroatoms. The van der Waals surface area contributed by atoms with Gasteiger partial charge in [-0.25, -0.2) is 14.4 Å². The number of hydrogen-bond acceptors (Lipinski definition) is 13. The summed E-state index contributed by atoms with van der Waals surface area (Å²) >= 11 is 17.6. The van der Waals surface area contributed by atoms with E-state index < -0.39 is 71.1 Å². The molecule has 264 valence electrons. The Morgan fingerprint density at radius 2 is 1.33 bits per heavy atom. The standard InChI is InChI=1S/C33H34Cl3NO12/c1-5-16-43-32(42)48-25-23(17-44-24(39)15-10-20(4)38)45-30(49-31(37)33(34,35)36)27(47-29(41)22-13-8-19(3)9-14-22)26(25)46-28(40)21-11-6-18(2)7-12-21/h5-9,11-14,23,25-27,30,37H,1,10,15-17H2,2-4H3/t23-,25-,26+,27-,30-/m1/s1. The molecule has 1 aliphatic heterocycles. The summed E-state index contributed by atoms with van der Waals surface area (Å²) in [5.74, 6) is -3.98. The van der Waals surface area contributed by atoms with Gasteiger partial charge in [0.15, 0.2) is 12.2 Å². The molecule has 0 spiro atoms. The molecule has 5 atom stereocenters. The predicted molar refractivity (Wildman–Crippen MR) is 176 cm³/mol. The Hall–Kier alpha value is -4.17. The molecule has 1 N–H and O–H groups in total. The van der Waals surface area contributed by atoms with Gasteiger partial charge in [0, 0.05) is 6.42 Å². The number of halogens is 3. The van der Waals surface area contributed by atoms with E-state index in [1.54, 1.807) is 38.1 Å². The Morgan fingerprint density at radius 1 is 0.796 bits per heavy atom. The Bertz CT molecular complexity index is 1520. The number of carbonyl (C=O) groups is 5. The molecule has 0 aromatic heterocycles. The van der Waals surface area contributed by atoms with Crippen molar-refractivity contribution in [1.82, 2.24) is 0 Å². The van der Waals surface area contributed by atoms with Gasteiger partial charge >= 0.3 is 24.1 Å². The monoisotopic (exact) mass is 741 g/mol. The summed E-state index contributed by atoms with van der Waals surface area (Å²) < 4.78 is 36.4. The van der Waals surface area contributed by atoms with Crippen LogP contribution >= 0.6 is 34.8 Å². The zero-order valence-electron chi connectivity index (χ0n) is 26.7. The van der Waals surface area contributed by atoms with Crippen LogP contribution in [0, 0.1) is 19.3 Å². The maximum atomic E-state index is 13.5. The summed E-state index contributed by atoms with van der Waals surface area (Å²) in [4.78, 5) is 63.6. The van der Waals surface area contributed by atoms with Gasteiger partial charge in [-0.15, -0.1) is 0 Å². The number of carbonyl (C=O) groups excluding carboxylic acids is 5. The van der Waals surface area contributed by atoms with E-state index in [-0.39, 0.29) is 36.4 Å². The lowest BCUT2D eigenvalue weighted by molar-refractivity contribution is -0.282. The Labute approximate surface area is 297 Å². The largest absolute Gasteiger partial charge is 0.509 e. The summed E-state index contributed by atoms with van der Waals surface area (Å²) in [6, 6.07) is 12.5. The van der Waals surface area contributed by atoms with Crippen molar-refractivity contribution in [1.29, 1.82) is 5.41 Å². The van der Waals surface area contributed by atoms with E-state index in [1.807, 2.05) is 0 Å². The van der Waals surface area contributed by atoms with Gasteiger partial charge in [0.25, 0.3) is 3.79 Å². The fraction of sp³-hybridized carbons (Fsp3) is 0.394. The van der Waals surface area contributed by atoms with Crippen molar-refractivity contribution in [2.24, 2.45) is 0 Å². The average molecular weight is 743 g/mol. The smallest absolute Gasteiger partial charge is 0.463 e. The number of alkyl halides is 3. The second kappa shape index (κ2) is 18.0. The molecule has 2 aromatic rings. The molecule has 13 nitrogen and oxygen atoms in total. The van der Waals surface area contributed by atoms with Crippen LogP contribution in [0.4, 0.5) is 4.79 Å². The second-order valence-electron chi connectivity index (χ2n) is 10.8. The summed E-state index contributed by atoms with van der Waals surface area (Å²) in [5.41, 5.74) is 1.80. The van der Waals surface area contributed by atoms with Crippen LogP contribution in [0.3, 0.4) is 0 Å². The van der Waals surface area contributed by atoms with Crippen LogP contribution in [0.15, 0.2) is 61.2 Å². The molecule has 3 rings (SSSR count). The van der Waals surface area contributed by atoms with Crippen LogP contribution in [0.25, 0.3) is 0 Å². The molecule has 0 unspecified atom stereocenters. The van der Waals surface area contributed by atoms with Crippen molar-refractivity contribution in [2.75, 3.05) is 13.2 Å². The first kappa shape index (κ1) is 39.3. The van der Waals surface area contributed by atoms with Crippen LogP contribution in [0.1, 0.15) is 51.6 Å². The summed E-state index contributed by atoms with van der Waals surface area (Å²) in [7, 11) is 0. The number of aryl methyl sites for hydroxylation is 2. The molecule has 49 heavy (non-hydrogen) atoms. The molecular weight excluding hydrogens is 709 g/mol. The first-order chi connectivity index (χ1) is 23.1. The molecule has 1 aliphatic rings. The lowest BCUT2D eigenvalue weighted by Gasteiger charge is -2.44. The average Bonchev–Trinajstić information content (AvgIpc) is 3.04. The lowest BCUT2D eigenvalue weighted by atomic mass is 9.97. The number of ketones is 1. The van der Waals surface area contributed by atoms with Crippen molar-refractivity contribution >= 4 is 70.5 Å². The highest BCUT2D eigenvalue weighted by Crippen LogP contribution is 2.34. The van der Waals surface area contributed by atoms with Gasteiger partial charge < -0.3 is 38.0 Å². The molecule has 0 radical (unpaired) electrons. The minimum atomic E-state index is -2.43. The molecule has 1 fully saturated rings. The van der Waals surface area contributed by atoms with Gasteiger partial charge in [-0.2, -0.15) is 0 Å². The molecule has 1 saturated heterocycles. The second-order valence-corrected chi connectivity index (χ2v) is 13.1. The number of Topliss-reactive ketones (excluding diaryl/α,β-unsaturated/α-hetero) is 1. The quantitative estimate of drug-likeness (QED) is 0.0657. The molecule has 0 aliphatic carbocycles. The van der Waals surface area contributed by atoms with Crippen LogP contribution in [-0.4, -0.2) is 83.5 Å². The fourth-order valence-electron chi connectivity index (χ4n) is 4.25. The molecule has 2 aromatic carbocycles. The molecule has 0 saturated carbocycles. The predicted octanol–water partition coefficient (Wildman–Crippen LogP) is 5.76. The van der Waals surface area contributed by atoms with E-state index in [2.05, 4.69) is 6.58 Å². The van der Waals surface area contributed by atoms with E-state index in [4.69, 9.17) is 73.4 Å². The SMILES string of the molecule is C=CCOC(=O)O[C@H]1[C@H](OC(=O)c2ccc(C)cc2)[C@@H](OC(=O)c2ccc(C)cc2)[C@@H](OC(=N)C(Cl)(Cl)Cl)O[C@@H]1COC(=O)CCC(C)=O. The Balaban J connectivity index is 2.11. The van der Waals surface area contributed by atoms with Crippen LogP contribution in [0.5, 0.6) is 0 Å². The van der Waals surface area contributed by atoms with Gasteiger partial charge in [-0.3, -0.25) is 10.2 Å². The van der Waals surface area contributed by atoms with Crippen LogP contribution < -0.4 is 0 Å². The van der Waals surface area contributed by atoms with Gasteiger partial charge in [-0.05, 0) is 45.0 Å². The summed E-state index contributed by atoms with van der Waals surface area (Å²) in [5, 5.41) is 8.19. The van der Waals surface area contributed by atoms with Crippen molar-refractivity contribution in [2.45, 2.75) is 68.1 Å². The van der Waals surface area contributed by atoms with Gasteiger partial charge in [0.05, 0.1) is 17.5 Å². The number of benzene rings is 2.